The minimum atomic E-state index is 0.112. The molecule has 3 aromatic rings. The van der Waals surface area contributed by atoms with Gasteiger partial charge in [0.25, 0.3) is 0 Å². The van der Waals surface area contributed by atoms with Crippen LogP contribution < -0.4 is 4.74 Å². The van der Waals surface area contributed by atoms with E-state index in [-0.39, 0.29) is 11.5 Å². The maximum Gasteiger partial charge on any atom is 0.161 e. The Kier molecular flexibility index (Phi) is 3.44. The van der Waals surface area contributed by atoms with Crippen LogP contribution in [0, 0.1) is 0 Å². The first-order valence-electron chi connectivity index (χ1n) is 6.91. The molecule has 21 heavy (non-hydrogen) atoms. The predicted molar refractivity (Wildman–Crippen MR) is 81.7 cm³/mol. The number of aromatic nitrogens is 1. The van der Waals surface area contributed by atoms with Crippen molar-refractivity contribution in [2.45, 2.75) is 20.1 Å². The van der Waals surface area contributed by atoms with Gasteiger partial charge in [-0.25, -0.2) is 0 Å². The zero-order valence-electron chi connectivity index (χ0n) is 11.8. The fraction of sp³-hybridized carbons (Fsp3) is 0.176. The van der Waals surface area contributed by atoms with Gasteiger partial charge in [-0.05, 0) is 31.2 Å². The van der Waals surface area contributed by atoms with E-state index < -0.39 is 0 Å². The molecule has 2 N–H and O–H groups in total. The van der Waals surface area contributed by atoms with Crippen LogP contribution >= 0.6 is 0 Å². The van der Waals surface area contributed by atoms with Gasteiger partial charge < -0.3 is 19.5 Å². The van der Waals surface area contributed by atoms with E-state index in [1.807, 2.05) is 24.4 Å². The number of para-hydroxylation sites is 2. The van der Waals surface area contributed by atoms with Gasteiger partial charge in [0.1, 0.15) is 12.4 Å². The van der Waals surface area contributed by atoms with Crippen LogP contribution in [0.25, 0.3) is 10.9 Å². The van der Waals surface area contributed by atoms with Crippen LogP contribution in [0.3, 0.4) is 0 Å². The van der Waals surface area contributed by atoms with Crippen molar-refractivity contribution in [1.29, 1.82) is 0 Å². The van der Waals surface area contributed by atoms with E-state index in [1.165, 1.54) is 0 Å². The van der Waals surface area contributed by atoms with Crippen molar-refractivity contribution in [3.8, 4) is 17.2 Å². The molecule has 3 rings (SSSR count). The van der Waals surface area contributed by atoms with Gasteiger partial charge in [0.05, 0.1) is 5.52 Å². The number of hydrogen-bond donors (Lipinski definition) is 2. The second-order valence-electron chi connectivity index (χ2n) is 4.87. The Balaban J connectivity index is 1.96. The summed E-state index contributed by atoms with van der Waals surface area (Å²) in [5, 5.41) is 20.6. The Morgan fingerprint density at radius 1 is 1.00 bits per heavy atom. The van der Waals surface area contributed by atoms with E-state index in [4.69, 9.17) is 4.74 Å². The molecule has 0 unspecified atom stereocenters. The van der Waals surface area contributed by atoms with Gasteiger partial charge >= 0.3 is 0 Å². The molecule has 0 atom stereocenters. The van der Waals surface area contributed by atoms with Crippen molar-refractivity contribution in [3.63, 3.8) is 0 Å². The van der Waals surface area contributed by atoms with Crippen molar-refractivity contribution in [1.82, 2.24) is 4.57 Å². The van der Waals surface area contributed by atoms with Crippen molar-refractivity contribution in [2.75, 3.05) is 0 Å². The number of nitrogens with zero attached hydrogens (tertiary/aromatic N) is 1. The molecule has 0 spiro atoms. The summed E-state index contributed by atoms with van der Waals surface area (Å²) in [5.74, 6) is 0.793. The minimum Gasteiger partial charge on any atom is -0.507 e. The van der Waals surface area contributed by atoms with Gasteiger partial charge in [0, 0.05) is 23.7 Å². The first-order valence-corrected chi connectivity index (χ1v) is 6.91. The zero-order chi connectivity index (χ0) is 14.8. The Bertz CT molecular complexity index is 777. The lowest BCUT2D eigenvalue weighted by Crippen LogP contribution is -1.95. The topological polar surface area (TPSA) is 54.6 Å². The highest BCUT2D eigenvalue weighted by Gasteiger charge is 2.12. The van der Waals surface area contributed by atoms with E-state index in [9.17, 15) is 10.2 Å². The Labute approximate surface area is 122 Å². The largest absolute Gasteiger partial charge is 0.507 e. The van der Waals surface area contributed by atoms with Crippen LogP contribution in [0.5, 0.6) is 17.2 Å². The number of fused-ring (bicyclic) bond motifs is 1. The fourth-order valence-electron chi connectivity index (χ4n) is 2.52. The molecule has 1 aromatic heterocycles. The Hall–Kier alpha value is -2.62. The van der Waals surface area contributed by atoms with Crippen molar-refractivity contribution >= 4 is 10.9 Å². The summed E-state index contributed by atoms with van der Waals surface area (Å²) in [4.78, 5) is 0. The van der Waals surface area contributed by atoms with Gasteiger partial charge in [0.2, 0.25) is 0 Å². The van der Waals surface area contributed by atoms with Crippen LogP contribution in [0.15, 0.2) is 48.7 Å². The third-order valence-electron chi connectivity index (χ3n) is 3.55. The molecule has 0 aliphatic rings. The van der Waals surface area contributed by atoms with E-state index >= 15 is 0 Å². The predicted octanol–water partition coefficient (Wildman–Crippen LogP) is 3.65. The maximum atomic E-state index is 10.1. The molecule has 108 valence electrons. The number of ether oxygens (including phenoxy) is 1. The van der Waals surface area contributed by atoms with Gasteiger partial charge in [-0.2, -0.15) is 0 Å². The number of aromatic hydroxyl groups is 2. The standard InChI is InChI=1S/C17H17NO3/c1-2-18-10-12(17-13(18)6-5-8-15(17)20)11-21-16-9-4-3-7-14(16)19/h3-10,19-20H,2,11H2,1H3. The molecular formula is C17H17NO3. The van der Waals surface area contributed by atoms with Crippen LogP contribution in [-0.4, -0.2) is 14.8 Å². The Morgan fingerprint density at radius 3 is 2.52 bits per heavy atom. The smallest absolute Gasteiger partial charge is 0.161 e. The number of rotatable bonds is 4. The lowest BCUT2D eigenvalue weighted by atomic mass is 10.1. The maximum absolute atomic E-state index is 10.1. The molecule has 4 nitrogen and oxygen atoms in total. The quantitative estimate of drug-likeness (QED) is 0.768. The molecule has 0 radical (unpaired) electrons. The van der Waals surface area contributed by atoms with Gasteiger partial charge in [-0.15, -0.1) is 0 Å². The minimum absolute atomic E-state index is 0.112. The summed E-state index contributed by atoms with van der Waals surface area (Å²) in [6.45, 7) is 3.16. The number of benzene rings is 2. The van der Waals surface area contributed by atoms with Crippen molar-refractivity contribution in [3.05, 3.63) is 54.2 Å². The highest BCUT2D eigenvalue weighted by Crippen LogP contribution is 2.32. The lowest BCUT2D eigenvalue weighted by Gasteiger charge is -2.07. The van der Waals surface area contributed by atoms with Gasteiger partial charge in [-0.3, -0.25) is 0 Å². The van der Waals surface area contributed by atoms with E-state index in [0.29, 0.717) is 12.4 Å². The average Bonchev–Trinajstić information content (AvgIpc) is 2.86. The van der Waals surface area contributed by atoms with E-state index in [1.54, 1.807) is 24.3 Å². The lowest BCUT2D eigenvalue weighted by molar-refractivity contribution is 0.290. The second-order valence-corrected chi connectivity index (χ2v) is 4.87. The molecule has 0 saturated heterocycles. The summed E-state index contributed by atoms with van der Waals surface area (Å²) in [6.07, 6.45) is 1.98. The SMILES string of the molecule is CCn1cc(COc2ccccc2O)c2c(O)cccc21. The van der Waals surface area contributed by atoms with Crippen LogP contribution in [-0.2, 0) is 13.2 Å². The third-order valence-corrected chi connectivity index (χ3v) is 3.55. The van der Waals surface area contributed by atoms with E-state index in [2.05, 4.69) is 11.5 Å². The first-order chi connectivity index (χ1) is 10.2. The number of phenols is 2. The fourth-order valence-corrected chi connectivity index (χ4v) is 2.52. The summed E-state index contributed by atoms with van der Waals surface area (Å²) in [6, 6.07) is 12.3. The van der Waals surface area contributed by atoms with E-state index in [0.717, 1.165) is 23.0 Å². The second kappa shape index (κ2) is 5.40. The third kappa shape index (κ3) is 2.40. The number of aryl methyl sites for hydroxylation is 1. The highest BCUT2D eigenvalue weighted by atomic mass is 16.5. The number of phenolic OH excluding ortho intramolecular Hbond substituents is 2. The van der Waals surface area contributed by atoms with Gasteiger partial charge in [0.15, 0.2) is 11.5 Å². The molecule has 0 aliphatic heterocycles. The molecule has 0 bridgehead atoms. The molecule has 2 aromatic carbocycles. The summed E-state index contributed by atoms with van der Waals surface area (Å²) >= 11 is 0. The van der Waals surface area contributed by atoms with Crippen molar-refractivity contribution in [2.24, 2.45) is 0 Å². The average molecular weight is 283 g/mol. The van der Waals surface area contributed by atoms with Gasteiger partial charge in [-0.1, -0.05) is 18.2 Å². The first kappa shape index (κ1) is 13.4. The molecule has 4 heteroatoms. The molecule has 0 amide bonds. The zero-order valence-corrected chi connectivity index (χ0v) is 11.8. The molecule has 0 aliphatic carbocycles. The van der Waals surface area contributed by atoms with Crippen LogP contribution in [0.4, 0.5) is 0 Å². The summed E-state index contributed by atoms with van der Waals surface area (Å²) in [5.41, 5.74) is 1.88. The van der Waals surface area contributed by atoms with Crippen LogP contribution in [0.1, 0.15) is 12.5 Å². The molecule has 0 fully saturated rings. The summed E-state index contributed by atoms with van der Waals surface area (Å²) < 4.78 is 7.74. The van der Waals surface area contributed by atoms with Crippen LogP contribution in [0.2, 0.25) is 0 Å². The number of hydrogen-bond acceptors (Lipinski definition) is 3. The molecular weight excluding hydrogens is 266 g/mol. The molecule has 1 heterocycles. The normalized spacial score (nSPS) is 10.9. The highest BCUT2D eigenvalue weighted by molar-refractivity contribution is 5.89. The Morgan fingerprint density at radius 2 is 1.76 bits per heavy atom. The summed E-state index contributed by atoms with van der Waals surface area (Å²) in [7, 11) is 0. The molecule has 0 saturated carbocycles. The van der Waals surface area contributed by atoms with Crippen molar-refractivity contribution < 1.29 is 14.9 Å². The monoisotopic (exact) mass is 283 g/mol.